The molecule has 0 aliphatic carbocycles. The molecule has 0 bridgehead atoms. The van der Waals surface area contributed by atoms with E-state index in [1.54, 1.807) is 0 Å². The number of halogens is 2. The first-order valence-electron chi connectivity index (χ1n) is 4.53. The lowest BCUT2D eigenvalue weighted by atomic mass is 10.3. The van der Waals surface area contributed by atoms with Crippen molar-refractivity contribution in [3.63, 3.8) is 0 Å². The van der Waals surface area contributed by atoms with Gasteiger partial charge in [-0.1, -0.05) is 0 Å². The van der Waals surface area contributed by atoms with Crippen LogP contribution in [0.25, 0.3) is 0 Å². The Labute approximate surface area is 92.4 Å². The van der Waals surface area contributed by atoms with Gasteiger partial charge in [0.25, 0.3) is 0 Å². The second-order valence-electron chi connectivity index (χ2n) is 3.43. The fourth-order valence-corrected chi connectivity index (χ4v) is 2.14. The summed E-state index contributed by atoms with van der Waals surface area (Å²) in [5.41, 5.74) is 5.86. The topological polar surface area (TPSA) is 29.3 Å². The molecule has 0 fully saturated rings. The quantitative estimate of drug-likeness (QED) is 0.637. The molecule has 0 aromatic heterocycles. The summed E-state index contributed by atoms with van der Waals surface area (Å²) in [6.07, 6.45) is 0. The van der Waals surface area contributed by atoms with Crippen LogP contribution < -0.4 is 5.73 Å². The van der Waals surface area contributed by atoms with E-state index in [2.05, 4.69) is 0 Å². The van der Waals surface area contributed by atoms with Gasteiger partial charge in [-0.05, 0) is 26.2 Å². The van der Waals surface area contributed by atoms with Crippen molar-refractivity contribution in [1.82, 2.24) is 4.90 Å². The molecule has 0 aliphatic rings. The molecule has 2 N–H and O–H groups in total. The first-order valence-corrected chi connectivity index (χ1v) is 5.52. The molecule has 0 heterocycles. The summed E-state index contributed by atoms with van der Waals surface area (Å²) in [5.74, 6) is -1.02. The van der Waals surface area contributed by atoms with Gasteiger partial charge in [0.15, 0.2) is 11.6 Å². The lowest BCUT2D eigenvalue weighted by molar-refractivity contribution is 0.437. The molecule has 0 spiro atoms. The van der Waals surface area contributed by atoms with E-state index in [4.69, 9.17) is 5.73 Å². The Morgan fingerprint density at radius 2 is 2.00 bits per heavy atom. The number of nitrogens with two attached hydrogens (primary N) is 1. The molecular formula is C10H14F2N2S. The number of hydrogen-bond donors (Lipinski definition) is 1. The molecular weight excluding hydrogens is 218 g/mol. The molecule has 5 heteroatoms. The molecule has 0 saturated heterocycles. The van der Waals surface area contributed by atoms with Crippen molar-refractivity contribution in [3.8, 4) is 0 Å². The van der Waals surface area contributed by atoms with Gasteiger partial charge in [-0.2, -0.15) is 0 Å². The summed E-state index contributed by atoms with van der Waals surface area (Å²) in [7, 11) is 3.84. The van der Waals surface area contributed by atoms with Crippen molar-refractivity contribution < 1.29 is 8.78 Å². The van der Waals surface area contributed by atoms with E-state index in [9.17, 15) is 8.78 Å². The molecule has 0 saturated carbocycles. The molecule has 0 atom stereocenters. The van der Waals surface area contributed by atoms with Crippen LogP contribution in [0.5, 0.6) is 0 Å². The van der Waals surface area contributed by atoms with Crippen LogP contribution in [0.2, 0.25) is 0 Å². The maximum atomic E-state index is 13.3. The molecule has 84 valence electrons. The van der Waals surface area contributed by atoms with Crippen molar-refractivity contribution in [1.29, 1.82) is 0 Å². The van der Waals surface area contributed by atoms with Crippen LogP contribution in [0.1, 0.15) is 0 Å². The Balaban J connectivity index is 2.71. The van der Waals surface area contributed by atoms with Crippen LogP contribution in [0, 0.1) is 11.6 Å². The summed E-state index contributed by atoms with van der Waals surface area (Å²) in [6.45, 7) is 0.792. The highest BCUT2D eigenvalue weighted by molar-refractivity contribution is 7.99. The molecule has 0 radical (unpaired) electrons. The third kappa shape index (κ3) is 3.35. The van der Waals surface area contributed by atoms with Crippen LogP contribution in [0.4, 0.5) is 14.5 Å². The summed E-state index contributed by atoms with van der Waals surface area (Å²) in [4.78, 5) is 2.18. The number of anilines is 1. The van der Waals surface area contributed by atoms with E-state index in [0.29, 0.717) is 5.75 Å². The predicted octanol–water partition coefficient (Wildman–Crippen LogP) is 2.20. The van der Waals surface area contributed by atoms with Crippen LogP contribution in [-0.4, -0.2) is 31.3 Å². The molecule has 15 heavy (non-hydrogen) atoms. The normalized spacial score (nSPS) is 11.0. The monoisotopic (exact) mass is 232 g/mol. The Kier molecular flexibility index (Phi) is 4.35. The van der Waals surface area contributed by atoms with Crippen LogP contribution in [0.3, 0.4) is 0 Å². The third-order valence-electron chi connectivity index (χ3n) is 1.87. The van der Waals surface area contributed by atoms with Crippen LogP contribution in [0.15, 0.2) is 17.0 Å². The maximum Gasteiger partial charge on any atom is 0.174 e. The first-order chi connectivity index (χ1) is 7.02. The zero-order valence-corrected chi connectivity index (χ0v) is 9.57. The fourth-order valence-electron chi connectivity index (χ4n) is 1.02. The second kappa shape index (κ2) is 5.32. The minimum atomic E-state index is -0.850. The highest BCUT2D eigenvalue weighted by atomic mass is 32.2. The smallest absolute Gasteiger partial charge is 0.174 e. The zero-order valence-electron chi connectivity index (χ0n) is 8.76. The van der Waals surface area contributed by atoms with E-state index in [1.165, 1.54) is 17.8 Å². The van der Waals surface area contributed by atoms with Gasteiger partial charge >= 0.3 is 0 Å². The number of rotatable bonds is 4. The Hall–Kier alpha value is -0.810. The summed E-state index contributed by atoms with van der Waals surface area (Å²) < 4.78 is 26.2. The fraction of sp³-hybridized carbons (Fsp3) is 0.400. The van der Waals surface area contributed by atoms with Gasteiger partial charge in [-0.25, -0.2) is 8.78 Å². The highest BCUT2D eigenvalue weighted by Crippen LogP contribution is 2.29. The lowest BCUT2D eigenvalue weighted by Gasteiger charge is -2.10. The molecule has 1 rings (SSSR count). The number of nitrogens with zero attached hydrogens (tertiary/aromatic N) is 1. The average Bonchev–Trinajstić information content (AvgIpc) is 2.17. The van der Waals surface area contributed by atoms with E-state index in [0.717, 1.165) is 12.6 Å². The van der Waals surface area contributed by atoms with E-state index in [-0.39, 0.29) is 10.6 Å². The van der Waals surface area contributed by atoms with Gasteiger partial charge in [0.2, 0.25) is 0 Å². The number of hydrogen-bond acceptors (Lipinski definition) is 3. The number of nitrogen functional groups attached to an aromatic ring is 1. The van der Waals surface area contributed by atoms with Crippen molar-refractivity contribution in [2.75, 3.05) is 32.1 Å². The van der Waals surface area contributed by atoms with Gasteiger partial charge < -0.3 is 10.6 Å². The third-order valence-corrected chi connectivity index (χ3v) is 2.96. The summed E-state index contributed by atoms with van der Waals surface area (Å²) in [5, 5.41) is 0. The average molecular weight is 232 g/mol. The second-order valence-corrected chi connectivity index (χ2v) is 4.54. The van der Waals surface area contributed by atoms with Gasteiger partial charge in [-0.3, -0.25) is 0 Å². The standard InChI is InChI=1S/C10H14F2N2S/c1-14(2)5-6-15-10-8(13)4-3-7(11)9(10)12/h3-4H,5-6,13H2,1-2H3. The minimum absolute atomic E-state index is 0.205. The summed E-state index contributed by atoms with van der Waals surface area (Å²) in [6, 6.07) is 2.43. The number of benzene rings is 1. The van der Waals surface area contributed by atoms with Crippen molar-refractivity contribution in [3.05, 3.63) is 23.8 Å². The van der Waals surface area contributed by atoms with E-state index < -0.39 is 11.6 Å². The van der Waals surface area contributed by atoms with Crippen LogP contribution in [-0.2, 0) is 0 Å². The minimum Gasteiger partial charge on any atom is -0.398 e. The SMILES string of the molecule is CN(C)CCSc1c(N)ccc(F)c1F. The van der Waals surface area contributed by atoms with Gasteiger partial charge in [0.05, 0.1) is 4.90 Å². The van der Waals surface area contributed by atoms with Crippen molar-refractivity contribution >= 4 is 17.4 Å². The highest BCUT2D eigenvalue weighted by Gasteiger charge is 2.11. The van der Waals surface area contributed by atoms with E-state index >= 15 is 0 Å². The Morgan fingerprint density at radius 1 is 1.33 bits per heavy atom. The lowest BCUT2D eigenvalue weighted by Crippen LogP contribution is -2.15. The molecule has 2 nitrogen and oxygen atoms in total. The predicted molar refractivity (Wildman–Crippen MR) is 60.0 cm³/mol. The van der Waals surface area contributed by atoms with Crippen molar-refractivity contribution in [2.45, 2.75) is 4.90 Å². The first kappa shape index (κ1) is 12.3. The van der Waals surface area contributed by atoms with Gasteiger partial charge in [0, 0.05) is 18.0 Å². The maximum absolute atomic E-state index is 13.3. The van der Waals surface area contributed by atoms with Crippen molar-refractivity contribution in [2.24, 2.45) is 0 Å². The Morgan fingerprint density at radius 3 is 2.60 bits per heavy atom. The summed E-state index contributed by atoms with van der Waals surface area (Å²) >= 11 is 1.23. The van der Waals surface area contributed by atoms with Crippen LogP contribution >= 0.6 is 11.8 Å². The molecule has 0 aliphatic heterocycles. The largest absolute Gasteiger partial charge is 0.398 e. The van der Waals surface area contributed by atoms with E-state index in [1.807, 2.05) is 19.0 Å². The molecule has 1 aromatic rings. The zero-order chi connectivity index (χ0) is 11.4. The van der Waals surface area contributed by atoms with Gasteiger partial charge in [-0.15, -0.1) is 11.8 Å². The molecule has 0 unspecified atom stereocenters. The molecule has 1 aromatic carbocycles. The Bertz CT molecular complexity index is 342. The van der Waals surface area contributed by atoms with Gasteiger partial charge in [0.1, 0.15) is 0 Å². The molecule has 0 amide bonds. The number of thioether (sulfide) groups is 1.